The Balaban J connectivity index is 4.10. The van der Waals surface area contributed by atoms with E-state index >= 15 is 0 Å². The van der Waals surface area contributed by atoms with Crippen molar-refractivity contribution in [3.63, 3.8) is 0 Å². The molecule has 2 nitrogen and oxygen atoms in total. The first-order valence-electron chi connectivity index (χ1n) is 6.12. The molecule has 0 N–H and O–H groups in total. The van der Waals surface area contributed by atoms with E-state index < -0.39 is 20.2 Å². The summed E-state index contributed by atoms with van der Waals surface area (Å²) < 4.78 is 37.0. The topological polar surface area (TPSA) is 20.3 Å². The zero-order valence-electron chi connectivity index (χ0n) is 11.7. The normalized spacial score (nSPS) is 12.3. The maximum absolute atomic E-state index is 12.3. The second kappa shape index (κ2) is 7.99. The van der Waals surface area contributed by atoms with Crippen LogP contribution in [0.1, 0.15) is 0 Å². The molecule has 0 saturated carbocycles. The van der Waals surface area contributed by atoms with Crippen molar-refractivity contribution >= 4 is 25.7 Å². The Morgan fingerprint density at radius 1 is 1.32 bits per heavy atom. The summed E-state index contributed by atoms with van der Waals surface area (Å²) in [7, 11) is -1.10. The molecule has 112 valence electrons. The van der Waals surface area contributed by atoms with Crippen LogP contribution in [-0.2, 0) is 4.79 Å². The second-order valence-corrected chi connectivity index (χ2v) is 12.3. The van der Waals surface area contributed by atoms with E-state index in [2.05, 4.69) is 26.2 Å². The molecule has 0 atom stereocenters. The van der Waals surface area contributed by atoms with Gasteiger partial charge in [0, 0.05) is 26.9 Å². The van der Waals surface area contributed by atoms with Gasteiger partial charge in [0.25, 0.3) is 0 Å². The number of alkyl halides is 3. The van der Waals surface area contributed by atoms with Gasteiger partial charge in [-0.1, -0.05) is 25.7 Å². The Morgan fingerprint density at radius 2 is 1.89 bits per heavy atom. The number of carbonyl (C=O) groups excluding carboxylic acids is 1. The molecule has 0 aliphatic rings. The van der Waals surface area contributed by atoms with Crippen molar-refractivity contribution in [2.45, 2.75) is 31.9 Å². The van der Waals surface area contributed by atoms with Crippen LogP contribution >= 0.6 is 11.8 Å². The van der Waals surface area contributed by atoms with Crippen molar-refractivity contribution < 1.29 is 18.0 Å². The third-order valence-electron chi connectivity index (χ3n) is 2.38. The van der Waals surface area contributed by atoms with E-state index in [0.717, 1.165) is 16.7 Å². The van der Waals surface area contributed by atoms with Crippen LogP contribution in [-0.4, -0.2) is 49.7 Å². The molecule has 0 heterocycles. The van der Waals surface area contributed by atoms with Crippen LogP contribution in [0.3, 0.4) is 0 Å². The lowest BCUT2D eigenvalue weighted by Crippen LogP contribution is -2.42. The average Bonchev–Trinajstić information content (AvgIpc) is 2.23. The molecule has 0 aliphatic carbocycles. The van der Waals surface area contributed by atoms with Crippen LogP contribution in [0.25, 0.3) is 0 Å². The molecule has 0 aromatic heterocycles. The highest BCUT2D eigenvalue weighted by atomic mass is 32.2. The predicted octanol–water partition coefficient (Wildman–Crippen LogP) is 3.63. The molecular formula is C12H22F3NOSSi. The molecule has 0 aliphatic heterocycles. The van der Waals surface area contributed by atoms with E-state index in [4.69, 9.17) is 0 Å². The summed E-state index contributed by atoms with van der Waals surface area (Å²) in [5.41, 5.74) is 0. The van der Waals surface area contributed by atoms with Crippen LogP contribution in [0.5, 0.6) is 0 Å². The Bertz CT molecular complexity index is 302. The number of amides is 1. The fraction of sp³-hybridized carbons (Fsp3) is 0.750. The van der Waals surface area contributed by atoms with Crippen molar-refractivity contribution in [1.29, 1.82) is 0 Å². The number of nitrogens with zero attached hydrogens (tertiary/aromatic N) is 1. The lowest BCUT2D eigenvalue weighted by atomic mass is 10.4. The van der Waals surface area contributed by atoms with E-state index in [9.17, 15) is 18.0 Å². The standard InChI is InChI=1S/C12H22F3NOSSi/c1-5-6-16(11(17)12(13,14)15)7-8-18-9-10-19(2,3)4/h5H,1,6-10H2,2-4H3. The van der Waals surface area contributed by atoms with E-state index in [1.807, 2.05) is 0 Å². The molecule has 7 heteroatoms. The van der Waals surface area contributed by atoms with E-state index in [0.29, 0.717) is 5.75 Å². The second-order valence-electron chi connectivity index (χ2n) is 5.46. The fourth-order valence-electron chi connectivity index (χ4n) is 1.27. The van der Waals surface area contributed by atoms with Gasteiger partial charge in [-0.3, -0.25) is 4.79 Å². The van der Waals surface area contributed by atoms with Crippen LogP contribution < -0.4 is 0 Å². The maximum Gasteiger partial charge on any atom is 0.471 e. The summed E-state index contributed by atoms with van der Waals surface area (Å²) >= 11 is 1.60. The van der Waals surface area contributed by atoms with Crippen LogP contribution in [0.4, 0.5) is 13.2 Å². The molecule has 0 saturated heterocycles. The molecule has 0 spiro atoms. The zero-order valence-corrected chi connectivity index (χ0v) is 13.5. The number of rotatable bonds is 8. The summed E-state index contributed by atoms with van der Waals surface area (Å²) in [5.74, 6) is -0.309. The smallest absolute Gasteiger partial charge is 0.330 e. The third-order valence-corrected chi connectivity index (χ3v) is 5.46. The van der Waals surface area contributed by atoms with Gasteiger partial charge in [-0.2, -0.15) is 24.9 Å². The first-order chi connectivity index (χ1) is 8.58. The van der Waals surface area contributed by atoms with Crippen LogP contribution in [0.15, 0.2) is 12.7 Å². The van der Waals surface area contributed by atoms with Gasteiger partial charge in [-0.05, 0) is 11.8 Å². The monoisotopic (exact) mass is 313 g/mol. The van der Waals surface area contributed by atoms with Crippen molar-refractivity contribution in [3.05, 3.63) is 12.7 Å². The summed E-state index contributed by atoms with van der Waals surface area (Å²) in [5, 5.41) is 0. The summed E-state index contributed by atoms with van der Waals surface area (Å²) in [6.45, 7) is 10.2. The van der Waals surface area contributed by atoms with Crippen LogP contribution in [0.2, 0.25) is 25.7 Å². The van der Waals surface area contributed by atoms with Gasteiger partial charge in [0.15, 0.2) is 0 Å². The van der Waals surface area contributed by atoms with Gasteiger partial charge in [0.05, 0.1) is 0 Å². The number of hydrogen-bond donors (Lipinski definition) is 0. The molecule has 0 fully saturated rings. The van der Waals surface area contributed by atoms with E-state index in [1.165, 1.54) is 6.08 Å². The van der Waals surface area contributed by atoms with Gasteiger partial charge in [0.2, 0.25) is 0 Å². The number of thioether (sulfide) groups is 1. The summed E-state index contributed by atoms with van der Waals surface area (Å²) in [6.07, 6.45) is -3.48. The minimum atomic E-state index is -4.80. The third kappa shape index (κ3) is 9.15. The largest absolute Gasteiger partial charge is 0.471 e. The van der Waals surface area contributed by atoms with Crippen molar-refractivity contribution in [3.8, 4) is 0 Å². The predicted molar refractivity (Wildman–Crippen MR) is 78.3 cm³/mol. The molecule has 0 bridgehead atoms. The van der Waals surface area contributed by atoms with Gasteiger partial charge < -0.3 is 4.90 Å². The zero-order chi connectivity index (χ0) is 15.1. The molecular weight excluding hydrogens is 291 g/mol. The molecule has 0 radical (unpaired) electrons. The highest BCUT2D eigenvalue weighted by Gasteiger charge is 2.41. The van der Waals surface area contributed by atoms with E-state index in [1.54, 1.807) is 11.8 Å². The number of hydrogen-bond acceptors (Lipinski definition) is 2. The number of carbonyl (C=O) groups is 1. The van der Waals surface area contributed by atoms with E-state index in [-0.39, 0.29) is 13.1 Å². The Labute approximate surface area is 118 Å². The lowest BCUT2D eigenvalue weighted by Gasteiger charge is -2.22. The summed E-state index contributed by atoms with van der Waals surface area (Å²) in [4.78, 5) is 11.9. The fourth-order valence-corrected chi connectivity index (χ4v) is 4.85. The van der Waals surface area contributed by atoms with Gasteiger partial charge in [0.1, 0.15) is 0 Å². The lowest BCUT2D eigenvalue weighted by molar-refractivity contribution is -0.184. The first-order valence-corrected chi connectivity index (χ1v) is 11.0. The minimum Gasteiger partial charge on any atom is -0.330 e. The maximum atomic E-state index is 12.3. The Hall–Kier alpha value is -0.433. The Kier molecular flexibility index (Phi) is 7.81. The van der Waals surface area contributed by atoms with Gasteiger partial charge >= 0.3 is 12.1 Å². The highest BCUT2D eigenvalue weighted by molar-refractivity contribution is 7.99. The Morgan fingerprint density at radius 3 is 2.32 bits per heavy atom. The van der Waals surface area contributed by atoms with Crippen LogP contribution in [0, 0.1) is 0 Å². The van der Waals surface area contributed by atoms with Crippen molar-refractivity contribution in [2.24, 2.45) is 0 Å². The minimum absolute atomic E-state index is 0.0626. The summed E-state index contributed by atoms with van der Waals surface area (Å²) in [6, 6.07) is 1.13. The van der Waals surface area contributed by atoms with Crippen molar-refractivity contribution in [1.82, 2.24) is 4.90 Å². The quantitative estimate of drug-likeness (QED) is 0.387. The molecule has 1 amide bonds. The SMILES string of the molecule is C=CCN(CCSCC[Si](C)(C)C)C(=O)C(F)(F)F. The molecule has 0 rings (SSSR count). The molecule has 0 aromatic carbocycles. The molecule has 0 unspecified atom stereocenters. The molecule has 0 aromatic rings. The first kappa shape index (κ1) is 18.6. The van der Waals surface area contributed by atoms with Gasteiger partial charge in [-0.25, -0.2) is 0 Å². The average molecular weight is 313 g/mol. The number of halogens is 3. The highest BCUT2D eigenvalue weighted by Crippen LogP contribution is 2.19. The van der Waals surface area contributed by atoms with Gasteiger partial charge in [-0.15, -0.1) is 6.58 Å². The molecule has 19 heavy (non-hydrogen) atoms. The van der Waals surface area contributed by atoms with Crippen molar-refractivity contribution in [2.75, 3.05) is 24.6 Å².